The van der Waals surface area contributed by atoms with E-state index >= 15 is 0 Å². The van der Waals surface area contributed by atoms with E-state index in [1.165, 1.54) is 35.2 Å². The van der Waals surface area contributed by atoms with Crippen LogP contribution in [-0.2, 0) is 11.9 Å². The van der Waals surface area contributed by atoms with Gasteiger partial charge in [-0.25, -0.2) is 4.98 Å². The number of alkyl halides is 3. The number of rotatable bonds is 4. The summed E-state index contributed by atoms with van der Waals surface area (Å²) >= 11 is 15.1. The first-order valence-corrected chi connectivity index (χ1v) is 9.65. The first-order valence-electron chi connectivity index (χ1n) is 7.03. The van der Waals surface area contributed by atoms with Gasteiger partial charge in [-0.2, -0.15) is 13.2 Å². The molecule has 3 rings (SSSR count). The lowest BCUT2D eigenvalue weighted by atomic mass is 10.1. The third-order valence-corrected chi connectivity index (χ3v) is 6.26. The monoisotopic (exact) mass is 419 g/mol. The van der Waals surface area contributed by atoms with E-state index in [4.69, 9.17) is 23.2 Å². The Hall–Kier alpha value is -1.21. The van der Waals surface area contributed by atoms with Crippen molar-refractivity contribution < 1.29 is 13.2 Å². The molecule has 2 aromatic carbocycles. The number of benzene rings is 2. The zero-order valence-electron chi connectivity index (χ0n) is 12.5. The zero-order chi connectivity index (χ0) is 18.0. The van der Waals surface area contributed by atoms with Crippen molar-refractivity contribution in [1.82, 2.24) is 4.98 Å². The summed E-state index contributed by atoms with van der Waals surface area (Å²) in [5, 5.41) is 3.71. The standard InChI is InChI=1S/C17H10Cl2F3NS2/c18-13-2-1-3-14(19)15(13)24-8-12-9-25-16(23-12)10-4-6-11(7-5-10)17(20,21)22/h1-7,9H,8H2. The molecule has 25 heavy (non-hydrogen) atoms. The first kappa shape index (κ1) is 18.6. The minimum absolute atomic E-state index is 0.570. The van der Waals surface area contributed by atoms with Gasteiger partial charge in [-0.05, 0) is 24.3 Å². The van der Waals surface area contributed by atoms with E-state index in [-0.39, 0.29) is 0 Å². The van der Waals surface area contributed by atoms with Crippen molar-refractivity contribution in [3.8, 4) is 10.6 Å². The zero-order valence-corrected chi connectivity index (χ0v) is 15.6. The second-order valence-corrected chi connectivity index (χ2v) is 7.72. The minimum atomic E-state index is -4.34. The third kappa shape index (κ3) is 4.50. The van der Waals surface area contributed by atoms with Crippen molar-refractivity contribution in [3.63, 3.8) is 0 Å². The highest BCUT2D eigenvalue weighted by Gasteiger charge is 2.30. The van der Waals surface area contributed by atoms with Crippen LogP contribution in [0.3, 0.4) is 0 Å². The van der Waals surface area contributed by atoms with Gasteiger partial charge in [-0.1, -0.05) is 41.4 Å². The number of aromatic nitrogens is 1. The number of nitrogens with zero attached hydrogens (tertiary/aromatic N) is 1. The van der Waals surface area contributed by atoms with E-state index in [0.29, 0.717) is 26.4 Å². The van der Waals surface area contributed by atoms with Gasteiger partial charge in [0.15, 0.2) is 0 Å². The van der Waals surface area contributed by atoms with Crippen LogP contribution in [0.5, 0.6) is 0 Å². The lowest BCUT2D eigenvalue weighted by Crippen LogP contribution is -2.03. The fourth-order valence-corrected chi connectivity index (χ4v) is 4.58. The minimum Gasteiger partial charge on any atom is -0.240 e. The molecule has 0 unspecified atom stereocenters. The van der Waals surface area contributed by atoms with Gasteiger partial charge in [-0.15, -0.1) is 23.1 Å². The van der Waals surface area contributed by atoms with Crippen molar-refractivity contribution in [2.75, 3.05) is 0 Å². The molecule has 0 aliphatic carbocycles. The fourth-order valence-electron chi connectivity index (χ4n) is 2.07. The number of thiazole rings is 1. The Kier molecular flexibility index (Phi) is 5.63. The van der Waals surface area contributed by atoms with Crippen LogP contribution >= 0.6 is 46.3 Å². The summed E-state index contributed by atoms with van der Waals surface area (Å²) in [6.45, 7) is 0. The molecule has 3 aromatic rings. The molecule has 0 spiro atoms. The number of halogens is 5. The average Bonchev–Trinajstić information content (AvgIpc) is 3.03. The highest BCUT2D eigenvalue weighted by Crippen LogP contribution is 2.37. The molecule has 0 amide bonds. The summed E-state index contributed by atoms with van der Waals surface area (Å²) in [6, 6.07) is 10.3. The molecular weight excluding hydrogens is 410 g/mol. The van der Waals surface area contributed by atoms with Gasteiger partial charge < -0.3 is 0 Å². The number of hydrogen-bond donors (Lipinski definition) is 0. The highest BCUT2D eigenvalue weighted by molar-refractivity contribution is 7.98. The predicted molar refractivity (Wildman–Crippen MR) is 98.6 cm³/mol. The third-order valence-electron chi connectivity index (χ3n) is 3.29. The molecule has 0 bridgehead atoms. The average molecular weight is 420 g/mol. The van der Waals surface area contributed by atoms with E-state index < -0.39 is 11.7 Å². The van der Waals surface area contributed by atoms with Crippen LogP contribution in [0, 0.1) is 0 Å². The Balaban J connectivity index is 1.72. The molecule has 0 aliphatic heterocycles. The van der Waals surface area contributed by atoms with Crippen LogP contribution in [0.1, 0.15) is 11.3 Å². The summed E-state index contributed by atoms with van der Waals surface area (Å²) in [7, 11) is 0. The maximum atomic E-state index is 12.6. The molecule has 0 saturated carbocycles. The molecule has 0 radical (unpaired) electrons. The summed E-state index contributed by atoms with van der Waals surface area (Å²) in [6.07, 6.45) is -4.34. The molecule has 0 saturated heterocycles. The van der Waals surface area contributed by atoms with Gasteiger partial charge in [-0.3, -0.25) is 0 Å². The van der Waals surface area contributed by atoms with Crippen molar-refractivity contribution in [2.45, 2.75) is 16.8 Å². The topological polar surface area (TPSA) is 12.9 Å². The van der Waals surface area contributed by atoms with E-state index in [1.54, 1.807) is 18.2 Å². The van der Waals surface area contributed by atoms with Crippen LogP contribution in [-0.4, -0.2) is 4.98 Å². The summed E-state index contributed by atoms with van der Waals surface area (Å²) < 4.78 is 37.8. The Bertz CT molecular complexity index is 856. The molecule has 1 heterocycles. The largest absolute Gasteiger partial charge is 0.416 e. The smallest absolute Gasteiger partial charge is 0.240 e. The van der Waals surface area contributed by atoms with Gasteiger partial charge in [0.2, 0.25) is 0 Å². The van der Waals surface area contributed by atoms with Crippen molar-refractivity contribution in [1.29, 1.82) is 0 Å². The van der Waals surface area contributed by atoms with E-state index in [0.717, 1.165) is 22.7 Å². The summed E-state index contributed by atoms with van der Waals surface area (Å²) in [4.78, 5) is 5.26. The van der Waals surface area contributed by atoms with Crippen LogP contribution in [0.2, 0.25) is 10.0 Å². The first-order chi connectivity index (χ1) is 11.8. The van der Waals surface area contributed by atoms with Crippen molar-refractivity contribution in [3.05, 3.63) is 69.1 Å². The van der Waals surface area contributed by atoms with Gasteiger partial charge in [0.05, 0.1) is 21.3 Å². The van der Waals surface area contributed by atoms with E-state index in [1.807, 2.05) is 5.38 Å². The van der Waals surface area contributed by atoms with Crippen LogP contribution in [0.15, 0.2) is 52.7 Å². The van der Waals surface area contributed by atoms with Crippen molar-refractivity contribution in [2.24, 2.45) is 0 Å². The quantitative estimate of drug-likeness (QED) is 0.407. The predicted octanol–water partition coefficient (Wildman–Crippen LogP) is 7.43. The van der Waals surface area contributed by atoms with Crippen LogP contribution in [0.25, 0.3) is 10.6 Å². The summed E-state index contributed by atoms with van der Waals surface area (Å²) in [5.41, 5.74) is 0.808. The van der Waals surface area contributed by atoms with E-state index in [9.17, 15) is 13.2 Å². The molecule has 0 aliphatic rings. The lowest BCUT2D eigenvalue weighted by Gasteiger charge is -2.06. The Morgan fingerprint density at radius 3 is 2.24 bits per heavy atom. The normalized spacial score (nSPS) is 11.7. The van der Waals surface area contributed by atoms with Crippen LogP contribution in [0.4, 0.5) is 13.2 Å². The Labute approximate surface area is 160 Å². The highest BCUT2D eigenvalue weighted by atomic mass is 35.5. The second kappa shape index (κ2) is 7.58. The molecule has 8 heteroatoms. The molecule has 130 valence electrons. The molecule has 1 aromatic heterocycles. The van der Waals surface area contributed by atoms with Gasteiger partial charge in [0.25, 0.3) is 0 Å². The molecule has 1 nitrogen and oxygen atoms in total. The molecule has 0 atom stereocenters. The number of thioether (sulfide) groups is 1. The van der Waals surface area contributed by atoms with Gasteiger partial charge in [0.1, 0.15) is 5.01 Å². The lowest BCUT2D eigenvalue weighted by molar-refractivity contribution is -0.137. The van der Waals surface area contributed by atoms with Gasteiger partial charge in [0, 0.05) is 21.6 Å². The summed E-state index contributed by atoms with van der Waals surface area (Å²) in [5.74, 6) is 0.570. The molecular formula is C17H10Cl2F3NS2. The second-order valence-electron chi connectivity index (χ2n) is 5.06. The van der Waals surface area contributed by atoms with Gasteiger partial charge >= 0.3 is 6.18 Å². The van der Waals surface area contributed by atoms with E-state index in [2.05, 4.69) is 4.98 Å². The Morgan fingerprint density at radius 1 is 1.00 bits per heavy atom. The molecule has 0 N–H and O–H groups in total. The van der Waals surface area contributed by atoms with Crippen LogP contribution < -0.4 is 0 Å². The fraction of sp³-hybridized carbons (Fsp3) is 0.118. The molecule has 0 fully saturated rings. The number of hydrogen-bond acceptors (Lipinski definition) is 3. The SMILES string of the molecule is FC(F)(F)c1ccc(-c2nc(CSc3c(Cl)cccc3Cl)cs2)cc1. The maximum absolute atomic E-state index is 12.6. The Morgan fingerprint density at radius 2 is 1.64 bits per heavy atom. The van der Waals surface area contributed by atoms with Crippen molar-refractivity contribution >= 4 is 46.3 Å². The maximum Gasteiger partial charge on any atom is 0.416 e.